The van der Waals surface area contributed by atoms with E-state index in [9.17, 15) is 13.6 Å². The number of pyridine rings is 1. The lowest BCUT2D eigenvalue weighted by atomic mass is 10.3. The summed E-state index contributed by atoms with van der Waals surface area (Å²) in [6.07, 6.45) is 1.43. The largest absolute Gasteiger partial charge is 0.490 e. The summed E-state index contributed by atoms with van der Waals surface area (Å²) < 4.78 is 32.5. The Kier molecular flexibility index (Phi) is 5.45. The van der Waals surface area contributed by atoms with Gasteiger partial charge in [-0.1, -0.05) is 0 Å². The second kappa shape index (κ2) is 7.37. The molecule has 0 spiro atoms. The van der Waals surface area contributed by atoms with Crippen molar-refractivity contribution in [3.63, 3.8) is 0 Å². The zero-order chi connectivity index (χ0) is 18.6. The van der Waals surface area contributed by atoms with Crippen molar-refractivity contribution in [2.45, 2.75) is 33.6 Å². The van der Waals surface area contributed by atoms with E-state index in [1.165, 1.54) is 25.3 Å². The predicted octanol–water partition coefficient (Wildman–Crippen LogP) is 3.39. The van der Waals surface area contributed by atoms with Crippen molar-refractivity contribution in [2.75, 3.05) is 17.2 Å². The number of hydrogen-bond donors (Lipinski definition) is 2. The number of carbonyl (C=O) groups excluding carboxylic acids is 1. The van der Waals surface area contributed by atoms with E-state index < -0.39 is 11.7 Å². The van der Waals surface area contributed by atoms with Crippen molar-refractivity contribution in [2.24, 2.45) is 0 Å². The van der Waals surface area contributed by atoms with Gasteiger partial charge in [-0.05, 0) is 13.8 Å². The van der Waals surface area contributed by atoms with Crippen molar-refractivity contribution in [1.29, 1.82) is 0 Å². The fourth-order valence-corrected chi connectivity index (χ4v) is 2.03. The van der Waals surface area contributed by atoms with Crippen LogP contribution in [0.25, 0.3) is 0 Å². The van der Waals surface area contributed by atoms with E-state index in [2.05, 4.69) is 25.6 Å². The SMILES string of the molecule is CCOc1cnc(NC(C)=O)cc1Nc1cc(C)nc(C(C)(F)F)n1. The number of nitrogens with zero attached hydrogens (tertiary/aromatic N) is 3. The lowest BCUT2D eigenvalue weighted by molar-refractivity contribution is -0.114. The van der Waals surface area contributed by atoms with Crippen LogP contribution in [0.15, 0.2) is 18.3 Å². The maximum Gasteiger partial charge on any atom is 0.303 e. The van der Waals surface area contributed by atoms with Crippen molar-refractivity contribution in [1.82, 2.24) is 15.0 Å². The number of amides is 1. The molecule has 2 aromatic rings. The van der Waals surface area contributed by atoms with Gasteiger partial charge in [0.15, 0.2) is 5.75 Å². The maximum absolute atomic E-state index is 13.5. The van der Waals surface area contributed by atoms with E-state index in [0.29, 0.717) is 29.6 Å². The third-order valence-electron chi connectivity index (χ3n) is 2.98. The Bertz CT molecular complexity index is 778. The van der Waals surface area contributed by atoms with Gasteiger partial charge in [0.2, 0.25) is 11.7 Å². The molecule has 0 aliphatic carbocycles. The number of carbonyl (C=O) groups is 1. The van der Waals surface area contributed by atoms with Crippen LogP contribution in [-0.2, 0) is 10.7 Å². The molecule has 2 rings (SSSR count). The maximum atomic E-state index is 13.5. The molecule has 1 amide bonds. The zero-order valence-corrected chi connectivity index (χ0v) is 14.4. The summed E-state index contributed by atoms with van der Waals surface area (Å²) in [6.45, 7) is 5.88. The molecule has 0 saturated carbocycles. The fourth-order valence-electron chi connectivity index (χ4n) is 2.03. The van der Waals surface area contributed by atoms with Crippen LogP contribution in [0.3, 0.4) is 0 Å². The summed E-state index contributed by atoms with van der Waals surface area (Å²) in [5, 5.41) is 5.47. The summed E-state index contributed by atoms with van der Waals surface area (Å²) >= 11 is 0. The number of nitrogens with one attached hydrogen (secondary N) is 2. The molecule has 134 valence electrons. The highest BCUT2D eigenvalue weighted by Gasteiger charge is 2.29. The Hall–Kier alpha value is -2.84. The molecule has 2 N–H and O–H groups in total. The number of rotatable bonds is 6. The van der Waals surface area contributed by atoms with E-state index in [0.717, 1.165) is 6.92 Å². The summed E-state index contributed by atoms with van der Waals surface area (Å²) in [4.78, 5) is 22.9. The minimum atomic E-state index is -3.16. The highest BCUT2D eigenvalue weighted by molar-refractivity contribution is 5.88. The van der Waals surface area contributed by atoms with Gasteiger partial charge in [-0.15, -0.1) is 0 Å². The molecule has 0 atom stereocenters. The average Bonchev–Trinajstić information content (AvgIpc) is 2.48. The highest BCUT2D eigenvalue weighted by Crippen LogP contribution is 2.30. The van der Waals surface area contributed by atoms with E-state index in [1.54, 1.807) is 13.8 Å². The summed E-state index contributed by atoms with van der Waals surface area (Å²) in [6, 6.07) is 3.07. The van der Waals surface area contributed by atoms with E-state index >= 15 is 0 Å². The van der Waals surface area contributed by atoms with Gasteiger partial charge < -0.3 is 15.4 Å². The van der Waals surface area contributed by atoms with Gasteiger partial charge in [-0.25, -0.2) is 15.0 Å². The van der Waals surface area contributed by atoms with Crippen LogP contribution in [0.4, 0.5) is 26.1 Å². The lowest BCUT2D eigenvalue weighted by Crippen LogP contribution is -2.14. The molecule has 0 aliphatic heterocycles. The Balaban J connectivity index is 2.40. The van der Waals surface area contributed by atoms with Crippen LogP contribution in [-0.4, -0.2) is 27.5 Å². The molecule has 0 aromatic carbocycles. The number of hydrogen-bond acceptors (Lipinski definition) is 6. The Labute approximate surface area is 143 Å². The molecular weight excluding hydrogens is 332 g/mol. The van der Waals surface area contributed by atoms with Crippen molar-refractivity contribution < 1.29 is 18.3 Å². The van der Waals surface area contributed by atoms with E-state index in [-0.39, 0.29) is 11.7 Å². The number of halogens is 2. The van der Waals surface area contributed by atoms with Gasteiger partial charge in [-0.3, -0.25) is 4.79 Å². The molecular formula is C16H19F2N5O2. The minimum absolute atomic E-state index is 0.185. The minimum Gasteiger partial charge on any atom is -0.490 e. The molecule has 2 heterocycles. The first-order valence-electron chi connectivity index (χ1n) is 7.60. The van der Waals surface area contributed by atoms with Crippen LogP contribution < -0.4 is 15.4 Å². The van der Waals surface area contributed by atoms with Crippen LogP contribution in [0.5, 0.6) is 5.75 Å². The number of ether oxygens (including phenoxy) is 1. The summed E-state index contributed by atoms with van der Waals surface area (Å²) in [5.41, 5.74) is 0.826. The topological polar surface area (TPSA) is 89.0 Å². The smallest absolute Gasteiger partial charge is 0.303 e. The molecule has 0 bridgehead atoms. The molecule has 0 unspecified atom stereocenters. The van der Waals surface area contributed by atoms with Crippen molar-refractivity contribution in [3.05, 3.63) is 29.8 Å². The second-order valence-electron chi connectivity index (χ2n) is 5.41. The first-order chi connectivity index (χ1) is 11.7. The summed E-state index contributed by atoms with van der Waals surface area (Å²) in [7, 11) is 0. The summed E-state index contributed by atoms with van der Waals surface area (Å²) in [5.74, 6) is -3.14. The molecule has 25 heavy (non-hydrogen) atoms. The molecule has 7 nitrogen and oxygen atoms in total. The standard InChI is InChI=1S/C16H19F2N5O2/c1-5-25-12-8-19-13(21-10(3)24)7-11(12)22-14-6-9(2)20-15(23-14)16(4,17)18/h6-8H,5H2,1-4H3,(H2,19,20,21,22,23,24). The number of aromatic nitrogens is 3. The van der Waals surface area contributed by atoms with Gasteiger partial charge in [0, 0.05) is 31.7 Å². The molecule has 0 saturated heterocycles. The Morgan fingerprint density at radius 1 is 1.28 bits per heavy atom. The molecule has 0 aliphatic rings. The normalized spacial score (nSPS) is 11.1. The van der Waals surface area contributed by atoms with E-state index in [4.69, 9.17) is 4.74 Å². The first-order valence-corrected chi connectivity index (χ1v) is 7.60. The van der Waals surface area contributed by atoms with Gasteiger partial charge in [0.1, 0.15) is 11.6 Å². The van der Waals surface area contributed by atoms with Crippen LogP contribution in [0.2, 0.25) is 0 Å². The number of anilines is 3. The second-order valence-corrected chi connectivity index (χ2v) is 5.41. The average molecular weight is 351 g/mol. The predicted molar refractivity (Wildman–Crippen MR) is 89.3 cm³/mol. The fraction of sp³-hybridized carbons (Fsp3) is 0.375. The van der Waals surface area contributed by atoms with Crippen molar-refractivity contribution in [3.8, 4) is 5.75 Å². The Morgan fingerprint density at radius 2 is 2.00 bits per heavy atom. The van der Waals surface area contributed by atoms with Crippen LogP contribution in [0, 0.1) is 6.92 Å². The van der Waals surface area contributed by atoms with Gasteiger partial charge in [0.25, 0.3) is 0 Å². The lowest BCUT2D eigenvalue weighted by Gasteiger charge is -2.15. The third-order valence-corrected chi connectivity index (χ3v) is 2.98. The van der Waals surface area contributed by atoms with Crippen LogP contribution >= 0.6 is 0 Å². The zero-order valence-electron chi connectivity index (χ0n) is 14.4. The van der Waals surface area contributed by atoms with Gasteiger partial charge in [0.05, 0.1) is 18.5 Å². The quantitative estimate of drug-likeness (QED) is 0.829. The number of aryl methyl sites for hydroxylation is 1. The molecule has 9 heteroatoms. The van der Waals surface area contributed by atoms with E-state index in [1.807, 2.05) is 0 Å². The highest BCUT2D eigenvalue weighted by atomic mass is 19.3. The van der Waals surface area contributed by atoms with Crippen molar-refractivity contribution >= 4 is 23.2 Å². The van der Waals surface area contributed by atoms with Crippen LogP contribution in [0.1, 0.15) is 32.3 Å². The first kappa shape index (κ1) is 18.5. The third kappa shape index (κ3) is 5.07. The molecule has 0 fully saturated rings. The van der Waals surface area contributed by atoms with Gasteiger partial charge >= 0.3 is 5.92 Å². The Morgan fingerprint density at radius 3 is 2.60 bits per heavy atom. The molecule has 0 radical (unpaired) electrons. The monoisotopic (exact) mass is 351 g/mol. The number of alkyl halides is 2. The molecule has 2 aromatic heterocycles. The van der Waals surface area contributed by atoms with Gasteiger partial charge in [-0.2, -0.15) is 8.78 Å².